The van der Waals surface area contributed by atoms with E-state index in [0.29, 0.717) is 13.2 Å². The van der Waals surface area contributed by atoms with E-state index in [1.807, 2.05) is 12.1 Å². The van der Waals surface area contributed by atoms with Crippen molar-refractivity contribution < 1.29 is 9.53 Å². The lowest BCUT2D eigenvalue weighted by Gasteiger charge is -2.23. The van der Waals surface area contributed by atoms with Crippen LogP contribution in [0.1, 0.15) is 36.3 Å². The minimum Gasteiger partial charge on any atom is -0.448 e. The number of rotatable bonds is 2. The molecule has 1 unspecified atom stereocenters. The molecule has 1 amide bonds. The van der Waals surface area contributed by atoms with Gasteiger partial charge in [0.2, 0.25) is 0 Å². The molecule has 2 N–H and O–H groups in total. The van der Waals surface area contributed by atoms with Crippen LogP contribution in [0.4, 0.5) is 4.79 Å². The molecule has 2 aromatic carbocycles. The molecule has 1 aliphatic carbocycles. The molecule has 4 rings (SSSR count). The molecule has 25 heavy (non-hydrogen) atoms. The van der Waals surface area contributed by atoms with E-state index in [2.05, 4.69) is 36.4 Å². The van der Waals surface area contributed by atoms with Crippen LogP contribution in [0.5, 0.6) is 0 Å². The molecule has 1 saturated heterocycles. The second-order valence-corrected chi connectivity index (χ2v) is 7.01. The number of likely N-dealkylation sites (tertiary alicyclic amines) is 1. The molecule has 1 atom stereocenters. The van der Waals surface area contributed by atoms with Gasteiger partial charge >= 0.3 is 6.09 Å². The Kier molecular flexibility index (Phi) is 4.45. The smallest absolute Gasteiger partial charge is 0.409 e. The van der Waals surface area contributed by atoms with Gasteiger partial charge in [-0.3, -0.25) is 0 Å². The maximum Gasteiger partial charge on any atom is 0.409 e. The highest BCUT2D eigenvalue weighted by Crippen LogP contribution is 2.44. The fraction of sp³-hybridized carbons (Fsp3) is 0.381. The van der Waals surface area contributed by atoms with Gasteiger partial charge < -0.3 is 15.4 Å². The van der Waals surface area contributed by atoms with E-state index >= 15 is 0 Å². The van der Waals surface area contributed by atoms with Crippen LogP contribution in [0.2, 0.25) is 0 Å². The first-order valence-corrected chi connectivity index (χ1v) is 9.09. The van der Waals surface area contributed by atoms with Crippen LogP contribution in [0.25, 0.3) is 11.1 Å². The first-order chi connectivity index (χ1) is 12.2. The maximum atomic E-state index is 12.5. The number of carbonyl (C=O) groups is 1. The minimum atomic E-state index is -0.237. The lowest BCUT2D eigenvalue weighted by molar-refractivity contribution is 0.0995. The van der Waals surface area contributed by atoms with E-state index in [9.17, 15) is 4.79 Å². The molecule has 1 aliphatic heterocycles. The predicted molar refractivity (Wildman–Crippen MR) is 98.5 cm³/mol. The van der Waals surface area contributed by atoms with Crippen LogP contribution in [0.15, 0.2) is 48.5 Å². The second kappa shape index (κ2) is 6.89. The Morgan fingerprint density at radius 2 is 1.68 bits per heavy atom. The summed E-state index contributed by atoms with van der Waals surface area (Å²) in [6.07, 6.45) is 2.82. The molecule has 2 aromatic rings. The van der Waals surface area contributed by atoms with E-state index in [0.717, 1.165) is 25.8 Å². The number of benzene rings is 2. The zero-order valence-electron chi connectivity index (χ0n) is 14.4. The highest BCUT2D eigenvalue weighted by atomic mass is 16.6. The van der Waals surface area contributed by atoms with Crippen LogP contribution in [0, 0.1) is 0 Å². The first-order valence-electron chi connectivity index (χ1n) is 9.09. The lowest BCUT2D eigenvalue weighted by atomic mass is 9.98. The van der Waals surface area contributed by atoms with Gasteiger partial charge in [-0.2, -0.15) is 0 Å². The van der Waals surface area contributed by atoms with E-state index in [1.54, 1.807) is 4.90 Å². The van der Waals surface area contributed by atoms with Crippen LogP contribution >= 0.6 is 0 Å². The van der Waals surface area contributed by atoms with E-state index < -0.39 is 0 Å². The molecule has 130 valence electrons. The van der Waals surface area contributed by atoms with Crippen molar-refractivity contribution in [2.24, 2.45) is 5.73 Å². The highest BCUT2D eigenvalue weighted by molar-refractivity contribution is 5.79. The molecule has 4 heteroatoms. The summed E-state index contributed by atoms with van der Waals surface area (Å²) >= 11 is 0. The van der Waals surface area contributed by atoms with Crippen molar-refractivity contribution >= 4 is 6.09 Å². The van der Waals surface area contributed by atoms with Crippen molar-refractivity contribution in [2.45, 2.75) is 31.2 Å². The lowest BCUT2D eigenvalue weighted by Crippen LogP contribution is -2.40. The third-order valence-electron chi connectivity index (χ3n) is 5.30. The third kappa shape index (κ3) is 3.14. The molecule has 1 fully saturated rings. The summed E-state index contributed by atoms with van der Waals surface area (Å²) in [7, 11) is 0. The van der Waals surface area contributed by atoms with Gasteiger partial charge in [-0.05, 0) is 35.1 Å². The maximum absolute atomic E-state index is 12.5. The third-order valence-corrected chi connectivity index (χ3v) is 5.30. The SMILES string of the molecule is NC1CCCCN(C(=O)OCC2c3ccccc3-c3ccccc32)C1. The molecular weight excluding hydrogens is 312 g/mol. The zero-order chi connectivity index (χ0) is 17.2. The fourth-order valence-corrected chi connectivity index (χ4v) is 4.03. The van der Waals surface area contributed by atoms with E-state index in [-0.39, 0.29) is 18.1 Å². The number of carbonyl (C=O) groups excluding carboxylic acids is 1. The summed E-state index contributed by atoms with van der Waals surface area (Å²) in [6.45, 7) is 1.71. The van der Waals surface area contributed by atoms with Crippen molar-refractivity contribution in [3.05, 3.63) is 59.7 Å². The highest BCUT2D eigenvalue weighted by Gasteiger charge is 2.30. The monoisotopic (exact) mass is 336 g/mol. The van der Waals surface area contributed by atoms with Gasteiger partial charge in [0.15, 0.2) is 0 Å². The van der Waals surface area contributed by atoms with Crippen LogP contribution in [-0.4, -0.2) is 36.7 Å². The second-order valence-electron chi connectivity index (χ2n) is 7.01. The number of nitrogens with two attached hydrogens (primary N) is 1. The largest absolute Gasteiger partial charge is 0.448 e. The van der Waals surface area contributed by atoms with Gasteiger partial charge in [0, 0.05) is 25.0 Å². The Bertz CT molecular complexity index is 728. The Labute approximate surface area is 148 Å². The summed E-state index contributed by atoms with van der Waals surface area (Å²) < 4.78 is 5.71. The van der Waals surface area contributed by atoms with Gasteiger partial charge in [-0.25, -0.2) is 4.79 Å². The van der Waals surface area contributed by atoms with E-state index in [4.69, 9.17) is 10.5 Å². The summed E-state index contributed by atoms with van der Waals surface area (Å²) in [5.41, 5.74) is 11.0. The Balaban J connectivity index is 1.50. The topological polar surface area (TPSA) is 55.6 Å². The van der Waals surface area contributed by atoms with Crippen molar-refractivity contribution in [1.29, 1.82) is 0 Å². The molecule has 4 nitrogen and oxygen atoms in total. The van der Waals surface area contributed by atoms with Gasteiger partial charge in [0.25, 0.3) is 0 Å². The number of amides is 1. The normalized spacial score (nSPS) is 19.9. The van der Waals surface area contributed by atoms with Crippen LogP contribution < -0.4 is 5.73 Å². The van der Waals surface area contributed by atoms with Gasteiger partial charge in [-0.1, -0.05) is 55.0 Å². The number of hydrogen-bond acceptors (Lipinski definition) is 3. The van der Waals surface area contributed by atoms with E-state index in [1.165, 1.54) is 22.3 Å². The predicted octanol–water partition coefficient (Wildman–Crippen LogP) is 3.75. The minimum absolute atomic E-state index is 0.0583. The molecule has 0 aromatic heterocycles. The van der Waals surface area contributed by atoms with Gasteiger partial charge in [0.05, 0.1) is 0 Å². The molecular formula is C21H24N2O2. The average Bonchev–Trinajstić information content (AvgIpc) is 2.78. The molecule has 2 aliphatic rings. The number of fused-ring (bicyclic) bond motifs is 3. The quantitative estimate of drug-likeness (QED) is 0.909. The van der Waals surface area contributed by atoms with Crippen molar-refractivity contribution in [3.63, 3.8) is 0 Å². The Hall–Kier alpha value is -2.33. The van der Waals surface area contributed by atoms with Crippen LogP contribution in [0.3, 0.4) is 0 Å². The summed E-state index contributed by atoms with van der Waals surface area (Å²) in [5, 5.41) is 0. The standard InChI is InChI=1S/C21H24N2O2/c22-15-7-5-6-12-23(13-15)21(24)25-14-20-18-10-3-1-8-16(18)17-9-2-4-11-19(17)20/h1-4,8-11,15,20H,5-7,12-14,22H2. The summed E-state index contributed by atoms with van der Waals surface area (Å²) in [4.78, 5) is 14.3. The molecule has 0 saturated carbocycles. The van der Waals surface area contributed by atoms with Crippen molar-refractivity contribution in [2.75, 3.05) is 19.7 Å². The summed E-state index contributed by atoms with van der Waals surface area (Å²) in [6, 6.07) is 16.8. The first kappa shape index (κ1) is 16.2. The fourth-order valence-electron chi connectivity index (χ4n) is 4.03. The summed E-state index contributed by atoms with van der Waals surface area (Å²) in [5.74, 6) is 0.108. The van der Waals surface area contributed by atoms with Gasteiger partial charge in [-0.15, -0.1) is 0 Å². The number of hydrogen-bond donors (Lipinski definition) is 1. The van der Waals surface area contributed by atoms with Gasteiger partial charge in [0.1, 0.15) is 6.61 Å². The van der Waals surface area contributed by atoms with Crippen molar-refractivity contribution in [1.82, 2.24) is 4.90 Å². The average molecular weight is 336 g/mol. The Morgan fingerprint density at radius 3 is 2.36 bits per heavy atom. The molecule has 0 bridgehead atoms. The molecule has 0 spiro atoms. The van der Waals surface area contributed by atoms with Crippen molar-refractivity contribution in [3.8, 4) is 11.1 Å². The molecule has 0 radical (unpaired) electrons. The number of ether oxygens (including phenoxy) is 1. The molecule has 1 heterocycles. The Morgan fingerprint density at radius 1 is 1.04 bits per heavy atom. The van der Waals surface area contributed by atoms with Crippen LogP contribution in [-0.2, 0) is 4.74 Å². The zero-order valence-corrected chi connectivity index (χ0v) is 14.4. The number of nitrogens with zero attached hydrogens (tertiary/aromatic N) is 1.